The van der Waals surface area contributed by atoms with Crippen molar-refractivity contribution in [1.82, 2.24) is 14.5 Å². The molecule has 4 rings (SSSR count). The van der Waals surface area contributed by atoms with Gasteiger partial charge >= 0.3 is 0 Å². The number of hydrogen-bond donors (Lipinski definition) is 1. The first-order valence-electron chi connectivity index (χ1n) is 10.4. The summed E-state index contributed by atoms with van der Waals surface area (Å²) in [6, 6.07) is 8.12. The molecule has 1 saturated heterocycles. The molecule has 1 aliphatic heterocycles. The summed E-state index contributed by atoms with van der Waals surface area (Å²) in [6.45, 7) is 7.82. The molecule has 0 aliphatic carbocycles. The number of aliphatic hydroxyl groups is 1. The number of nitrogens with zero attached hydrogens (tertiary/aromatic N) is 3. The van der Waals surface area contributed by atoms with Crippen LogP contribution in [-0.2, 0) is 10.3 Å². The van der Waals surface area contributed by atoms with Gasteiger partial charge in [0.25, 0.3) is 0 Å². The predicted molar refractivity (Wildman–Crippen MR) is 121 cm³/mol. The largest absolute Gasteiger partial charge is 0.480 e. The Morgan fingerprint density at radius 3 is 2.47 bits per heavy atom. The molecule has 1 aliphatic rings. The average molecular weight is 460 g/mol. The minimum absolute atomic E-state index is 0.0288. The monoisotopic (exact) mass is 459 g/mol. The first kappa shape index (κ1) is 22.7. The molecule has 0 atom stereocenters. The Bertz CT molecular complexity index is 1140. The summed E-state index contributed by atoms with van der Waals surface area (Å²) in [4.78, 5) is 9.10. The Morgan fingerprint density at radius 2 is 1.84 bits per heavy atom. The summed E-state index contributed by atoms with van der Waals surface area (Å²) in [5.41, 5.74) is -0.756. The van der Waals surface area contributed by atoms with E-state index in [-0.39, 0.29) is 5.02 Å². The Hall–Kier alpha value is -2.48. The third kappa shape index (κ3) is 4.25. The van der Waals surface area contributed by atoms with Crippen LogP contribution >= 0.6 is 11.6 Å². The van der Waals surface area contributed by atoms with Gasteiger partial charge < -0.3 is 14.6 Å². The number of pyridine rings is 1. The zero-order valence-electron chi connectivity index (χ0n) is 18.8. The Morgan fingerprint density at radius 1 is 1.16 bits per heavy atom. The second kappa shape index (κ2) is 7.83. The highest BCUT2D eigenvalue weighted by atomic mass is 35.5. The molecule has 0 amide bonds. The zero-order chi connectivity index (χ0) is 23.3. The van der Waals surface area contributed by atoms with Gasteiger partial charge in [-0.1, -0.05) is 11.6 Å². The molecular formula is C24H27ClFN3O3. The molecule has 0 saturated carbocycles. The molecule has 2 aromatic heterocycles. The lowest BCUT2D eigenvalue weighted by Gasteiger charge is -2.49. The topological polar surface area (TPSA) is 69.4 Å². The van der Waals surface area contributed by atoms with Gasteiger partial charge in [-0.25, -0.2) is 14.4 Å². The predicted octanol–water partition coefficient (Wildman–Crippen LogP) is 5.29. The zero-order valence-corrected chi connectivity index (χ0v) is 19.6. The highest BCUT2D eigenvalue weighted by Gasteiger charge is 2.49. The van der Waals surface area contributed by atoms with Gasteiger partial charge in [0.05, 0.1) is 40.3 Å². The van der Waals surface area contributed by atoms with Crippen LogP contribution in [0.5, 0.6) is 5.88 Å². The SMILES string of the molecule is COc1ncccc1-c1nc(C2(O)CC(C)(C)OC(C)(C)C2)cn1-c1ccc(Cl)c(F)c1. The smallest absolute Gasteiger partial charge is 0.224 e. The molecule has 0 bridgehead atoms. The maximum Gasteiger partial charge on any atom is 0.224 e. The van der Waals surface area contributed by atoms with Crippen LogP contribution in [0.4, 0.5) is 4.39 Å². The van der Waals surface area contributed by atoms with Gasteiger partial charge in [0.15, 0.2) is 0 Å². The Balaban J connectivity index is 1.93. The van der Waals surface area contributed by atoms with E-state index in [9.17, 15) is 9.50 Å². The summed E-state index contributed by atoms with van der Waals surface area (Å²) in [7, 11) is 1.53. The van der Waals surface area contributed by atoms with E-state index < -0.39 is 22.6 Å². The summed E-state index contributed by atoms with van der Waals surface area (Å²) in [6.07, 6.45) is 4.08. The van der Waals surface area contributed by atoms with Crippen molar-refractivity contribution in [2.45, 2.75) is 57.3 Å². The summed E-state index contributed by atoms with van der Waals surface area (Å²) in [5.74, 6) is 0.303. The van der Waals surface area contributed by atoms with Crippen LogP contribution in [0.25, 0.3) is 17.1 Å². The lowest BCUT2D eigenvalue weighted by molar-refractivity contribution is -0.224. The van der Waals surface area contributed by atoms with E-state index >= 15 is 0 Å². The number of imidazole rings is 1. The quantitative estimate of drug-likeness (QED) is 0.574. The lowest BCUT2D eigenvalue weighted by atomic mass is 9.76. The summed E-state index contributed by atoms with van der Waals surface area (Å²) in [5, 5.41) is 11.8. The Kier molecular flexibility index (Phi) is 5.56. The second-order valence-corrected chi connectivity index (χ2v) is 9.89. The molecule has 1 N–H and O–H groups in total. The van der Waals surface area contributed by atoms with Crippen LogP contribution < -0.4 is 4.74 Å². The third-order valence-electron chi connectivity index (χ3n) is 5.56. The van der Waals surface area contributed by atoms with Crippen molar-refractivity contribution in [1.29, 1.82) is 0 Å². The van der Waals surface area contributed by atoms with Gasteiger partial charge in [-0.3, -0.25) is 4.57 Å². The number of aromatic nitrogens is 3. The van der Waals surface area contributed by atoms with Crippen molar-refractivity contribution in [3.8, 4) is 23.0 Å². The van der Waals surface area contributed by atoms with E-state index in [1.165, 1.54) is 19.2 Å². The van der Waals surface area contributed by atoms with Crippen molar-refractivity contribution in [2.75, 3.05) is 7.11 Å². The lowest BCUT2D eigenvalue weighted by Crippen LogP contribution is -2.52. The van der Waals surface area contributed by atoms with Crippen LogP contribution in [0, 0.1) is 5.82 Å². The number of rotatable bonds is 4. The first-order chi connectivity index (χ1) is 14.9. The molecule has 170 valence electrons. The molecule has 1 fully saturated rings. The van der Waals surface area contributed by atoms with Gasteiger partial charge in [-0.2, -0.15) is 0 Å². The number of halogens is 2. The van der Waals surface area contributed by atoms with E-state index in [1.807, 2.05) is 33.8 Å². The van der Waals surface area contributed by atoms with Crippen molar-refractivity contribution in [2.24, 2.45) is 0 Å². The van der Waals surface area contributed by atoms with Gasteiger partial charge in [-0.05, 0) is 58.0 Å². The summed E-state index contributed by atoms with van der Waals surface area (Å²) >= 11 is 5.90. The molecule has 3 heterocycles. The van der Waals surface area contributed by atoms with E-state index in [0.717, 1.165) is 0 Å². The fraction of sp³-hybridized carbons (Fsp3) is 0.417. The molecule has 0 spiro atoms. The van der Waals surface area contributed by atoms with Crippen molar-refractivity contribution < 1.29 is 19.0 Å². The van der Waals surface area contributed by atoms with Crippen LogP contribution in [0.1, 0.15) is 46.2 Å². The fourth-order valence-corrected chi connectivity index (χ4v) is 4.94. The highest BCUT2D eigenvalue weighted by molar-refractivity contribution is 6.30. The minimum Gasteiger partial charge on any atom is -0.480 e. The number of methoxy groups -OCH3 is 1. The van der Waals surface area contributed by atoms with E-state index in [2.05, 4.69) is 4.98 Å². The van der Waals surface area contributed by atoms with E-state index in [0.29, 0.717) is 41.5 Å². The Labute approximate surface area is 192 Å². The van der Waals surface area contributed by atoms with Crippen LogP contribution in [-0.4, -0.2) is 38.0 Å². The molecule has 1 aromatic carbocycles. The molecule has 0 radical (unpaired) electrons. The average Bonchev–Trinajstić information content (AvgIpc) is 3.13. The second-order valence-electron chi connectivity index (χ2n) is 9.48. The molecule has 6 nitrogen and oxygen atoms in total. The normalized spacial score (nSPS) is 19.0. The fourth-order valence-electron chi connectivity index (χ4n) is 4.82. The van der Waals surface area contributed by atoms with Crippen LogP contribution in [0.15, 0.2) is 42.7 Å². The molecule has 8 heteroatoms. The van der Waals surface area contributed by atoms with Crippen molar-refractivity contribution in [3.63, 3.8) is 0 Å². The van der Waals surface area contributed by atoms with Crippen molar-refractivity contribution >= 4 is 11.6 Å². The summed E-state index contributed by atoms with van der Waals surface area (Å²) < 4.78 is 27.6. The number of benzene rings is 1. The molecule has 32 heavy (non-hydrogen) atoms. The van der Waals surface area contributed by atoms with Gasteiger partial charge in [0, 0.05) is 25.2 Å². The van der Waals surface area contributed by atoms with Gasteiger partial charge in [0.1, 0.15) is 17.2 Å². The van der Waals surface area contributed by atoms with Crippen molar-refractivity contribution in [3.05, 3.63) is 59.3 Å². The standard InChI is InChI=1S/C24H27ClFN3O3/c1-22(2)13-24(30,14-23(3,4)32-22)19-12-29(15-8-9-17(25)18(26)11-15)20(28-19)16-7-6-10-27-21(16)31-5/h6-12,30H,13-14H2,1-5H3. The number of ether oxygens (including phenoxy) is 2. The first-order valence-corrected chi connectivity index (χ1v) is 10.8. The molecule has 0 unspecified atom stereocenters. The molecule has 3 aromatic rings. The third-order valence-corrected chi connectivity index (χ3v) is 5.86. The minimum atomic E-state index is -1.24. The highest BCUT2D eigenvalue weighted by Crippen LogP contribution is 2.46. The maximum atomic E-state index is 14.3. The van der Waals surface area contributed by atoms with Gasteiger partial charge in [0.2, 0.25) is 5.88 Å². The van der Waals surface area contributed by atoms with Gasteiger partial charge in [-0.15, -0.1) is 0 Å². The van der Waals surface area contributed by atoms with E-state index in [4.69, 9.17) is 26.1 Å². The van der Waals surface area contributed by atoms with E-state index in [1.54, 1.807) is 29.1 Å². The maximum absolute atomic E-state index is 14.3. The molecular weight excluding hydrogens is 433 g/mol. The van der Waals surface area contributed by atoms with Crippen LogP contribution in [0.3, 0.4) is 0 Å². The number of hydrogen-bond acceptors (Lipinski definition) is 5. The van der Waals surface area contributed by atoms with Crippen LogP contribution in [0.2, 0.25) is 5.02 Å².